The van der Waals surface area contributed by atoms with Crippen LogP contribution in [0.5, 0.6) is 0 Å². The van der Waals surface area contributed by atoms with Gasteiger partial charge in [-0.2, -0.15) is 4.31 Å². The average molecular weight is 384 g/mol. The van der Waals surface area contributed by atoms with Crippen molar-refractivity contribution in [1.29, 1.82) is 0 Å². The Morgan fingerprint density at radius 3 is 2.41 bits per heavy atom. The van der Waals surface area contributed by atoms with Crippen LogP contribution in [-0.2, 0) is 20.4 Å². The molecular weight excluding hydrogens is 364 g/mol. The van der Waals surface area contributed by atoms with Crippen LogP contribution in [0.15, 0.2) is 60.0 Å². The molecule has 7 heteroatoms. The number of piperidine rings is 1. The van der Waals surface area contributed by atoms with Gasteiger partial charge in [-0.25, -0.2) is 13.2 Å². The van der Waals surface area contributed by atoms with Gasteiger partial charge in [-0.1, -0.05) is 48.5 Å². The molecule has 1 saturated heterocycles. The predicted molar refractivity (Wildman–Crippen MR) is 103 cm³/mol. The summed E-state index contributed by atoms with van der Waals surface area (Å²) in [4.78, 5) is 12.0. The van der Waals surface area contributed by atoms with E-state index >= 15 is 0 Å². The van der Waals surface area contributed by atoms with Gasteiger partial charge < -0.3 is 4.74 Å². The summed E-state index contributed by atoms with van der Waals surface area (Å²) in [5.74, 6) is 0. The highest BCUT2D eigenvalue weighted by Crippen LogP contribution is 2.43. The first-order chi connectivity index (χ1) is 13.0. The number of amides is 1. The third kappa shape index (κ3) is 3.48. The number of rotatable bonds is 3. The number of carbonyl (C=O) groups excluding carboxylic acids is 1. The quantitative estimate of drug-likeness (QED) is 0.878. The van der Waals surface area contributed by atoms with Crippen molar-refractivity contribution in [2.75, 3.05) is 18.4 Å². The molecule has 27 heavy (non-hydrogen) atoms. The van der Waals surface area contributed by atoms with E-state index in [2.05, 4.69) is 5.32 Å². The van der Waals surface area contributed by atoms with Crippen LogP contribution in [0.3, 0.4) is 0 Å². The number of ether oxygens (including phenoxy) is 1. The molecule has 1 N–H and O–H groups in total. The number of fused-ring (bicyclic) bond motifs is 2. The maximum atomic E-state index is 12.7. The maximum Gasteiger partial charge on any atom is 0.412 e. The van der Waals surface area contributed by atoms with E-state index < -0.39 is 21.7 Å². The summed E-state index contributed by atoms with van der Waals surface area (Å²) in [6.45, 7) is 0.589. The van der Waals surface area contributed by atoms with Crippen LogP contribution in [0.25, 0.3) is 6.08 Å². The van der Waals surface area contributed by atoms with Crippen LogP contribution < -0.4 is 5.32 Å². The molecule has 2 aromatic carbocycles. The molecule has 140 valence electrons. The Kier molecular flexibility index (Phi) is 4.49. The largest absolute Gasteiger partial charge is 0.438 e. The third-order valence-electron chi connectivity index (χ3n) is 5.06. The number of hydrogen-bond donors (Lipinski definition) is 1. The molecule has 1 spiro atoms. The van der Waals surface area contributed by atoms with Gasteiger partial charge >= 0.3 is 6.09 Å². The number of benzene rings is 2. The van der Waals surface area contributed by atoms with Crippen molar-refractivity contribution in [2.24, 2.45) is 0 Å². The van der Waals surface area contributed by atoms with Crippen molar-refractivity contribution >= 4 is 27.9 Å². The van der Waals surface area contributed by atoms with Crippen molar-refractivity contribution in [3.05, 3.63) is 71.1 Å². The lowest BCUT2D eigenvalue weighted by atomic mass is 9.83. The van der Waals surface area contributed by atoms with E-state index in [4.69, 9.17) is 4.74 Å². The zero-order chi connectivity index (χ0) is 18.9. The van der Waals surface area contributed by atoms with Gasteiger partial charge in [0, 0.05) is 36.9 Å². The molecule has 0 unspecified atom stereocenters. The van der Waals surface area contributed by atoms with Crippen LogP contribution in [0, 0.1) is 0 Å². The number of nitrogens with zero attached hydrogens (tertiary/aromatic N) is 1. The Morgan fingerprint density at radius 1 is 1.00 bits per heavy atom. The first-order valence-corrected chi connectivity index (χ1v) is 10.3. The lowest BCUT2D eigenvalue weighted by Gasteiger charge is -2.43. The van der Waals surface area contributed by atoms with Crippen molar-refractivity contribution in [3.63, 3.8) is 0 Å². The fourth-order valence-electron chi connectivity index (χ4n) is 3.65. The second-order valence-corrected chi connectivity index (χ2v) is 8.53. The fraction of sp³-hybridized carbons (Fsp3) is 0.250. The molecule has 6 nitrogen and oxygen atoms in total. The van der Waals surface area contributed by atoms with Crippen LogP contribution in [0.4, 0.5) is 10.5 Å². The van der Waals surface area contributed by atoms with Crippen LogP contribution in [0.1, 0.15) is 24.0 Å². The van der Waals surface area contributed by atoms with Gasteiger partial charge in [0.15, 0.2) is 0 Å². The van der Waals surface area contributed by atoms with E-state index in [-0.39, 0.29) is 0 Å². The summed E-state index contributed by atoms with van der Waals surface area (Å²) in [6, 6.07) is 16.8. The molecule has 0 aromatic heterocycles. The zero-order valence-corrected chi connectivity index (χ0v) is 15.5. The van der Waals surface area contributed by atoms with Gasteiger partial charge in [0.05, 0.1) is 5.69 Å². The normalized spacial score (nSPS) is 19.5. The van der Waals surface area contributed by atoms with Crippen molar-refractivity contribution < 1.29 is 17.9 Å². The van der Waals surface area contributed by atoms with E-state index in [1.54, 1.807) is 6.08 Å². The van der Waals surface area contributed by atoms with Gasteiger partial charge in [-0.3, -0.25) is 5.32 Å². The molecule has 1 amide bonds. The second kappa shape index (κ2) is 6.83. The molecule has 1 fully saturated rings. The van der Waals surface area contributed by atoms with Gasteiger partial charge in [0.2, 0.25) is 10.0 Å². The van der Waals surface area contributed by atoms with E-state index in [0.29, 0.717) is 25.9 Å². The molecule has 0 atom stereocenters. The van der Waals surface area contributed by atoms with Gasteiger partial charge in [-0.15, -0.1) is 0 Å². The number of para-hydroxylation sites is 1. The molecule has 0 aliphatic carbocycles. The molecule has 4 rings (SSSR count). The predicted octanol–water partition coefficient (Wildman–Crippen LogP) is 3.54. The van der Waals surface area contributed by atoms with Crippen molar-refractivity contribution in [3.8, 4) is 0 Å². The SMILES string of the molecule is O=C1Nc2ccccc2C2(CCN(S(=O)(=O)/C=C/c3ccccc3)CC2)O1. The summed E-state index contributed by atoms with van der Waals surface area (Å²) < 4.78 is 32.4. The number of sulfonamides is 1. The molecule has 2 aromatic rings. The Bertz CT molecular complexity index is 978. The van der Waals surface area contributed by atoms with Crippen LogP contribution in [0.2, 0.25) is 0 Å². The first-order valence-electron chi connectivity index (χ1n) is 8.81. The lowest BCUT2D eigenvalue weighted by molar-refractivity contribution is -0.0246. The molecule has 2 heterocycles. The Labute approximate surface area is 158 Å². The Hall–Kier alpha value is -2.64. The van der Waals surface area contributed by atoms with E-state index in [1.165, 1.54) is 9.71 Å². The zero-order valence-electron chi connectivity index (χ0n) is 14.7. The monoisotopic (exact) mass is 384 g/mol. The van der Waals surface area contributed by atoms with E-state index in [0.717, 1.165) is 16.8 Å². The Morgan fingerprint density at radius 2 is 1.67 bits per heavy atom. The van der Waals surface area contributed by atoms with Crippen molar-refractivity contribution in [2.45, 2.75) is 18.4 Å². The lowest BCUT2D eigenvalue weighted by Crippen LogP contribution is -2.49. The molecule has 0 radical (unpaired) electrons. The first kappa shape index (κ1) is 17.8. The molecule has 0 bridgehead atoms. The summed E-state index contributed by atoms with van der Waals surface area (Å²) >= 11 is 0. The van der Waals surface area contributed by atoms with Crippen LogP contribution in [-0.4, -0.2) is 31.9 Å². The Balaban J connectivity index is 1.52. The summed E-state index contributed by atoms with van der Waals surface area (Å²) in [7, 11) is -3.53. The summed E-state index contributed by atoms with van der Waals surface area (Å²) in [6.07, 6.45) is 1.96. The van der Waals surface area contributed by atoms with Gasteiger partial charge in [0.1, 0.15) is 5.60 Å². The number of nitrogens with one attached hydrogen (secondary N) is 1. The highest BCUT2D eigenvalue weighted by Gasteiger charge is 2.45. The topological polar surface area (TPSA) is 75.7 Å². The molecule has 2 aliphatic heterocycles. The smallest absolute Gasteiger partial charge is 0.412 e. The minimum atomic E-state index is -3.53. The minimum absolute atomic E-state index is 0.295. The fourth-order valence-corrected chi connectivity index (χ4v) is 4.84. The van der Waals surface area contributed by atoms with Gasteiger partial charge in [0.25, 0.3) is 0 Å². The molecular formula is C20H20N2O4S. The van der Waals surface area contributed by atoms with E-state index in [9.17, 15) is 13.2 Å². The van der Waals surface area contributed by atoms with E-state index in [1.807, 2.05) is 54.6 Å². The average Bonchev–Trinajstić information content (AvgIpc) is 2.68. The number of hydrogen-bond acceptors (Lipinski definition) is 4. The highest BCUT2D eigenvalue weighted by molar-refractivity contribution is 7.92. The minimum Gasteiger partial charge on any atom is -0.438 e. The number of carbonyl (C=O) groups is 1. The van der Waals surface area contributed by atoms with Crippen molar-refractivity contribution in [1.82, 2.24) is 4.31 Å². The third-order valence-corrected chi connectivity index (χ3v) is 6.63. The maximum absolute atomic E-state index is 12.7. The standard InChI is InChI=1S/C20H20N2O4S/c23-19-21-18-9-5-4-8-17(18)20(26-19)11-13-22(14-12-20)27(24,25)15-10-16-6-2-1-3-7-16/h1-10,15H,11-14H2,(H,21,23)/b15-10+. The highest BCUT2D eigenvalue weighted by atomic mass is 32.2. The summed E-state index contributed by atoms with van der Waals surface area (Å²) in [5.41, 5.74) is 1.69. The number of anilines is 1. The second-order valence-electron chi connectivity index (χ2n) is 6.71. The van der Waals surface area contributed by atoms with Gasteiger partial charge in [-0.05, 0) is 17.7 Å². The summed E-state index contributed by atoms with van der Waals surface area (Å²) in [5, 5.41) is 3.95. The van der Waals surface area contributed by atoms with Crippen LogP contribution >= 0.6 is 0 Å². The molecule has 2 aliphatic rings. The molecule has 0 saturated carbocycles.